The third-order valence-corrected chi connectivity index (χ3v) is 6.82. The minimum absolute atomic E-state index is 0.0242. The van der Waals surface area contributed by atoms with E-state index in [0.717, 1.165) is 5.56 Å². The van der Waals surface area contributed by atoms with Crippen molar-refractivity contribution in [3.63, 3.8) is 0 Å². The second-order valence-corrected chi connectivity index (χ2v) is 8.55. The van der Waals surface area contributed by atoms with Crippen LogP contribution in [0.15, 0.2) is 65.6 Å². The number of sulfonamides is 1. The molecule has 0 bridgehead atoms. The first kappa shape index (κ1) is 19.5. The maximum atomic E-state index is 12.8. The van der Waals surface area contributed by atoms with Crippen molar-refractivity contribution in [2.75, 3.05) is 26.2 Å². The summed E-state index contributed by atoms with van der Waals surface area (Å²) in [7, 11) is -3.49. The minimum Gasteiger partial charge on any atom is -0.481 e. The predicted molar refractivity (Wildman–Crippen MR) is 103 cm³/mol. The molecule has 1 saturated heterocycles. The fourth-order valence-electron chi connectivity index (χ4n) is 3.49. The molecule has 144 valence electrons. The van der Waals surface area contributed by atoms with Crippen molar-refractivity contribution in [2.24, 2.45) is 0 Å². The van der Waals surface area contributed by atoms with E-state index in [0.29, 0.717) is 37.5 Å². The van der Waals surface area contributed by atoms with E-state index in [1.165, 1.54) is 4.31 Å². The van der Waals surface area contributed by atoms with Crippen LogP contribution in [-0.4, -0.2) is 54.9 Å². The van der Waals surface area contributed by atoms with Gasteiger partial charge in [0.15, 0.2) is 0 Å². The van der Waals surface area contributed by atoms with Gasteiger partial charge in [-0.15, -0.1) is 0 Å². The quantitative estimate of drug-likeness (QED) is 0.789. The lowest BCUT2D eigenvalue weighted by Crippen LogP contribution is -2.49. The van der Waals surface area contributed by atoms with Gasteiger partial charge in [0, 0.05) is 38.6 Å². The Bertz CT molecular complexity index is 848. The number of carboxylic acids is 1. The average Bonchev–Trinajstić information content (AvgIpc) is 2.70. The molecular formula is C20H24N2O4S. The molecule has 3 rings (SSSR count). The highest BCUT2D eigenvalue weighted by atomic mass is 32.2. The summed E-state index contributed by atoms with van der Waals surface area (Å²) in [6, 6.07) is 18.3. The molecule has 2 aromatic rings. The SMILES string of the molecule is O=C(O)CC[C@H](c1ccccc1)N1CCN(S(=O)(=O)c2ccccc2)CC1. The van der Waals surface area contributed by atoms with Crippen LogP contribution in [0.1, 0.15) is 24.4 Å². The van der Waals surface area contributed by atoms with Gasteiger partial charge in [0.1, 0.15) is 0 Å². The van der Waals surface area contributed by atoms with Gasteiger partial charge in [-0.1, -0.05) is 48.5 Å². The number of carbonyl (C=O) groups is 1. The molecule has 0 saturated carbocycles. The van der Waals surface area contributed by atoms with Crippen molar-refractivity contribution in [1.29, 1.82) is 0 Å². The lowest BCUT2D eigenvalue weighted by atomic mass is 9.99. The van der Waals surface area contributed by atoms with Crippen molar-refractivity contribution in [1.82, 2.24) is 9.21 Å². The summed E-state index contributed by atoms with van der Waals surface area (Å²) in [6.07, 6.45) is 0.590. The maximum absolute atomic E-state index is 12.8. The van der Waals surface area contributed by atoms with E-state index in [9.17, 15) is 13.2 Å². The molecule has 1 aliphatic heterocycles. The van der Waals surface area contributed by atoms with E-state index >= 15 is 0 Å². The number of benzene rings is 2. The van der Waals surface area contributed by atoms with Gasteiger partial charge in [-0.3, -0.25) is 9.69 Å². The van der Waals surface area contributed by atoms with Gasteiger partial charge in [0.05, 0.1) is 4.90 Å². The number of hydrogen-bond donors (Lipinski definition) is 1. The Labute approximate surface area is 160 Å². The third kappa shape index (κ3) is 4.74. The maximum Gasteiger partial charge on any atom is 0.303 e. The monoisotopic (exact) mass is 388 g/mol. The zero-order valence-corrected chi connectivity index (χ0v) is 15.9. The first-order chi connectivity index (χ1) is 13.0. The second-order valence-electron chi connectivity index (χ2n) is 6.61. The zero-order valence-electron chi connectivity index (χ0n) is 15.1. The topological polar surface area (TPSA) is 77.9 Å². The number of aliphatic carboxylic acids is 1. The number of hydrogen-bond acceptors (Lipinski definition) is 4. The highest BCUT2D eigenvalue weighted by Crippen LogP contribution is 2.28. The first-order valence-corrected chi connectivity index (χ1v) is 10.5. The highest BCUT2D eigenvalue weighted by Gasteiger charge is 2.31. The Balaban J connectivity index is 1.71. The largest absolute Gasteiger partial charge is 0.481 e. The second kappa shape index (κ2) is 8.65. The van der Waals surface area contributed by atoms with Gasteiger partial charge >= 0.3 is 5.97 Å². The molecule has 1 heterocycles. The smallest absolute Gasteiger partial charge is 0.303 e. The van der Waals surface area contributed by atoms with Gasteiger partial charge in [-0.2, -0.15) is 4.31 Å². The molecular weight excluding hydrogens is 364 g/mol. The van der Waals surface area contributed by atoms with E-state index in [2.05, 4.69) is 4.90 Å². The van der Waals surface area contributed by atoms with Gasteiger partial charge in [-0.25, -0.2) is 8.42 Å². The summed E-state index contributed by atoms with van der Waals surface area (Å²) in [5.41, 5.74) is 1.07. The minimum atomic E-state index is -3.49. The predicted octanol–water partition coefficient (Wildman–Crippen LogP) is 2.60. The molecule has 6 nitrogen and oxygen atoms in total. The standard InChI is InChI=1S/C20H24N2O4S/c23-20(24)12-11-19(17-7-3-1-4-8-17)21-13-15-22(16-14-21)27(25,26)18-9-5-2-6-10-18/h1-10,19H,11-16H2,(H,23,24)/t19-/m1/s1. The lowest BCUT2D eigenvalue weighted by molar-refractivity contribution is -0.137. The van der Waals surface area contributed by atoms with Crippen LogP contribution >= 0.6 is 0 Å². The number of rotatable bonds is 7. The molecule has 1 atom stereocenters. The molecule has 2 aromatic carbocycles. The molecule has 0 amide bonds. The molecule has 1 fully saturated rings. The summed E-state index contributed by atoms with van der Waals surface area (Å²) in [5.74, 6) is -0.818. The summed E-state index contributed by atoms with van der Waals surface area (Å²) in [5, 5.41) is 9.08. The summed E-state index contributed by atoms with van der Waals surface area (Å²) in [6.45, 7) is 1.94. The van der Waals surface area contributed by atoms with Gasteiger partial charge in [0.2, 0.25) is 10.0 Å². The first-order valence-electron chi connectivity index (χ1n) is 9.04. The normalized spacial score (nSPS) is 17.5. The van der Waals surface area contributed by atoms with Crippen molar-refractivity contribution < 1.29 is 18.3 Å². The van der Waals surface area contributed by atoms with Crippen LogP contribution in [0.3, 0.4) is 0 Å². The molecule has 0 aliphatic carbocycles. The van der Waals surface area contributed by atoms with Crippen molar-refractivity contribution in [2.45, 2.75) is 23.8 Å². The molecule has 0 aromatic heterocycles. The molecule has 0 radical (unpaired) electrons. The van der Waals surface area contributed by atoms with Crippen LogP contribution in [0.4, 0.5) is 0 Å². The Morgan fingerprint density at radius 3 is 2.04 bits per heavy atom. The molecule has 7 heteroatoms. The fraction of sp³-hybridized carbons (Fsp3) is 0.350. The van der Waals surface area contributed by atoms with Crippen molar-refractivity contribution in [3.05, 3.63) is 66.2 Å². The Hall–Kier alpha value is -2.22. The van der Waals surface area contributed by atoms with Crippen LogP contribution in [0.2, 0.25) is 0 Å². The Kier molecular flexibility index (Phi) is 6.26. The van der Waals surface area contributed by atoms with Crippen LogP contribution in [0.25, 0.3) is 0 Å². The van der Waals surface area contributed by atoms with Crippen LogP contribution < -0.4 is 0 Å². The summed E-state index contributed by atoms with van der Waals surface area (Å²) in [4.78, 5) is 13.6. The number of piperazine rings is 1. The fourth-order valence-corrected chi connectivity index (χ4v) is 4.94. The highest BCUT2D eigenvalue weighted by molar-refractivity contribution is 7.89. The molecule has 1 aliphatic rings. The van der Waals surface area contributed by atoms with E-state index in [4.69, 9.17) is 5.11 Å². The van der Waals surface area contributed by atoms with Gasteiger partial charge in [-0.05, 0) is 24.1 Å². The van der Waals surface area contributed by atoms with Crippen LogP contribution in [0, 0.1) is 0 Å². The van der Waals surface area contributed by atoms with Gasteiger partial charge in [0.25, 0.3) is 0 Å². The third-order valence-electron chi connectivity index (χ3n) is 4.91. The summed E-state index contributed by atoms with van der Waals surface area (Å²) < 4.78 is 27.1. The van der Waals surface area contributed by atoms with E-state index in [1.54, 1.807) is 30.3 Å². The van der Waals surface area contributed by atoms with E-state index < -0.39 is 16.0 Å². The van der Waals surface area contributed by atoms with Crippen LogP contribution in [0.5, 0.6) is 0 Å². The van der Waals surface area contributed by atoms with Crippen LogP contribution in [-0.2, 0) is 14.8 Å². The van der Waals surface area contributed by atoms with Gasteiger partial charge < -0.3 is 5.11 Å². The molecule has 27 heavy (non-hydrogen) atoms. The molecule has 1 N–H and O–H groups in total. The van der Waals surface area contributed by atoms with Crippen molar-refractivity contribution >= 4 is 16.0 Å². The Morgan fingerprint density at radius 1 is 0.926 bits per heavy atom. The van der Waals surface area contributed by atoms with E-state index in [1.807, 2.05) is 30.3 Å². The molecule has 0 unspecified atom stereocenters. The average molecular weight is 388 g/mol. The Morgan fingerprint density at radius 2 is 1.48 bits per heavy atom. The number of carboxylic acid groups (broad SMARTS) is 1. The number of nitrogens with zero attached hydrogens (tertiary/aromatic N) is 2. The molecule has 0 spiro atoms. The van der Waals surface area contributed by atoms with Crippen molar-refractivity contribution in [3.8, 4) is 0 Å². The summed E-state index contributed by atoms with van der Waals surface area (Å²) >= 11 is 0. The zero-order chi connectivity index (χ0) is 19.3. The lowest BCUT2D eigenvalue weighted by Gasteiger charge is -2.39. The van der Waals surface area contributed by atoms with E-state index in [-0.39, 0.29) is 12.5 Å².